The number of nitrogens with two attached hydrogens (primary N) is 1. The Kier molecular flexibility index (Phi) is 3.67. The molecule has 0 bridgehead atoms. The van der Waals surface area contributed by atoms with E-state index < -0.39 is 0 Å². The van der Waals surface area contributed by atoms with Crippen molar-refractivity contribution < 1.29 is 4.39 Å². The summed E-state index contributed by atoms with van der Waals surface area (Å²) >= 11 is 3.21. The standard InChI is InChI=1S/C14H19BrFN3/c15-11-7-14(13(17)8-12(11)16)18-9-3-5-19-4-1-2-10(19)6-9/h7-10,18H,1-6,17H2. The topological polar surface area (TPSA) is 41.3 Å². The van der Waals surface area contributed by atoms with Crippen LogP contribution in [0.4, 0.5) is 15.8 Å². The smallest absolute Gasteiger partial charge is 0.139 e. The Morgan fingerprint density at radius 3 is 3.00 bits per heavy atom. The third-order valence-electron chi connectivity index (χ3n) is 4.27. The summed E-state index contributed by atoms with van der Waals surface area (Å²) in [6.45, 7) is 2.41. The second-order valence-electron chi connectivity index (χ2n) is 5.55. The molecule has 0 radical (unpaired) electrons. The molecule has 1 aromatic carbocycles. The normalized spacial score (nSPS) is 27.3. The Labute approximate surface area is 121 Å². The predicted octanol–water partition coefficient (Wildman–Crippen LogP) is 3.21. The van der Waals surface area contributed by atoms with Gasteiger partial charge < -0.3 is 16.0 Å². The molecule has 2 heterocycles. The van der Waals surface area contributed by atoms with E-state index in [0.717, 1.165) is 31.1 Å². The van der Waals surface area contributed by atoms with Gasteiger partial charge >= 0.3 is 0 Å². The highest BCUT2D eigenvalue weighted by Crippen LogP contribution is 2.31. The number of hydrogen-bond donors (Lipinski definition) is 2. The van der Waals surface area contributed by atoms with E-state index in [-0.39, 0.29) is 5.82 Å². The summed E-state index contributed by atoms with van der Waals surface area (Å²) in [6.07, 6.45) is 4.92. The number of benzene rings is 1. The molecule has 0 aromatic heterocycles. The molecule has 3 rings (SSSR count). The molecule has 3 nitrogen and oxygen atoms in total. The molecule has 0 saturated carbocycles. The van der Waals surface area contributed by atoms with Crippen LogP contribution in [0.1, 0.15) is 25.7 Å². The number of hydrogen-bond acceptors (Lipinski definition) is 3. The van der Waals surface area contributed by atoms with Gasteiger partial charge in [-0.2, -0.15) is 0 Å². The summed E-state index contributed by atoms with van der Waals surface area (Å²) in [5.41, 5.74) is 7.20. The van der Waals surface area contributed by atoms with Gasteiger partial charge in [-0.1, -0.05) is 0 Å². The summed E-state index contributed by atoms with van der Waals surface area (Å²) in [5, 5.41) is 3.48. The zero-order valence-corrected chi connectivity index (χ0v) is 12.4. The van der Waals surface area contributed by atoms with Crippen LogP contribution in [0.3, 0.4) is 0 Å². The number of piperidine rings is 1. The van der Waals surface area contributed by atoms with Gasteiger partial charge in [0.2, 0.25) is 0 Å². The summed E-state index contributed by atoms with van der Waals surface area (Å²) in [5.74, 6) is -0.311. The van der Waals surface area contributed by atoms with E-state index >= 15 is 0 Å². The van der Waals surface area contributed by atoms with E-state index in [4.69, 9.17) is 5.73 Å². The van der Waals surface area contributed by atoms with Gasteiger partial charge in [0, 0.05) is 24.7 Å². The summed E-state index contributed by atoms with van der Waals surface area (Å²) in [6, 6.07) is 4.28. The van der Waals surface area contributed by atoms with Crippen LogP contribution in [0.5, 0.6) is 0 Å². The Hall–Kier alpha value is -0.810. The summed E-state index contributed by atoms with van der Waals surface area (Å²) < 4.78 is 13.8. The average molecular weight is 328 g/mol. The summed E-state index contributed by atoms with van der Waals surface area (Å²) in [7, 11) is 0. The molecule has 104 valence electrons. The molecule has 2 aliphatic rings. The largest absolute Gasteiger partial charge is 0.397 e. The van der Waals surface area contributed by atoms with Crippen molar-refractivity contribution in [2.75, 3.05) is 24.1 Å². The molecule has 2 aliphatic heterocycles. The minimum atomic E-state index is -0.311. The maximum absolute atomic E-state index is 13.4. The van der Waals surface area contributed by atoms with Crippen LogP contribution in [0.25, 0.3) is 0 Å². The zero-order valence-electron chi connectivity index (χ0n) is 10.8. The van der Waals surface area contributed by atoms with Gasteiger partial charge in [0.15, 0.2) is 0 Å². The monoisotopic (exact) mass is 327 g/mol. The molecule has 0 aliphatic carbocycles. The van der Waals surface area contributed by atoms with E-state index in [1.54, 1.807) is 6.07 Å². The highest BCUT2D eigenvalue weighted by molar-refractivity contribution is 9.10. The Balaban J connectivity index is 1.70. The molecule has 1 aromatic rings. The van der Waals surface area contributed by atoms with E-state index in [9.17, 15) is 4.39 Å². The maximum atomic E-state index is 13.4. The molecule has 2 unspecified atom stereocenters. The quantitative estimate of drug-likeness (QED) is 0.819. The van der Waals surface area contributed by atoms with Crippen molar-refractivity contribution >= 4 is 27.3 Å². The van der Waals surface area contributed by atoms with Crippen LogP contribution in [0, 0.1) is 5.82 Å². The van der Waals surface area contributed by atoms with E-state index in [2.05, 4.69) is 26.1 Å². The van der Waals surface area contributed by atoms with Crippen LogP contribution in [0.2, 0.25) is 0 Å². The minimum Gasteiger partial charge on any atom is -0.397 e. The van der Waals surface area contributed by atoms with Gasteiger partial charge in [0.1, 0.15) is 5.82 Å². The maximum Gasteiger partial charge on any atom is 0.139 e. The first-order valence-corrected chi connectivity index (χ1v) is 7.68. The van der Waals surface area contributed by atoms with Gasteiger partial charge in [0.25, 0.3) is 0 Å². The fraction of sp³-hybridized carbons (Fsp3) is 0.571. The van der Waals surface area contributed by atoms with Crippen LogP contribution in [-0.4, -0.2) is 30.1 Å². The lowest BCUT2D eigenvalue weighted by atomic mass is 9.97. The number of fused-ring (bicyclic) bond motifs is 1. The van der Waals surface area contributed by atoms with E-state index in [0.29, 0.717) is 16.2 Å². The Morgan fingerprint density at radius 2 is 2.16 bits per heavy atom. The predicted molar refractivity (Wildman–Crippen MR) is 79.8 cm³/mol. The van der Waals surface area contributed by atoms with Crippen molar-refractivity contribution in [1.82, 2.24) is 4.90 Å². The number of nitrogen functional groups attached to an aromatic ring is 1. The van der Waals surface area contributed by atoms with E-state index in [1.807, 2.05) is 0 Å². The fourth-order valence-corrected chi connectivity index (χ4v) is 3.61. The highest BCUT2D eigenvalue weighted by Gasteiger charge is 2.31. The van der Waals surface area contributed by atoms with Crippen LogP contribution < -0.4 is 11.1 Å². The molecular formula is C14H19BrFN3. The fourth-order valence-electron chi connectivity index (χ4n) is 3.26. The van der Waals surface area contributed by atoms with Crippen molar-refractivity contribution in [2.24, 2.45) is 0 Å². The van der Waals surface area contributed by atoms with Crippen molar-refractivity contribution in [3.63, 3.8) is 0 Å². The molecule has 0 spiro atoms. The average Bonchev–Trinajstić information content (AvgIpc) is 2.83. The number of halogens is 2. The summed E-state index contributed by atoms with van der Waals surface area (Å²) in [4.78, 5) is 2.59. The van der Waals surface area contributed by atoms with Crippen molar-refractivity contribution in [2.45, 2.75) is 37.8 Å². The first-order chi connectivity index (χ1) is 9.13. The third-order valence-corrected chi connectivity index (χ3v) is 4.88. The van der Waals surface area contributed by atoms with Crippen LogP contribution in [0.15, 0.2) is 16.6 Å². The first kappa shape index (κ1) is 13.2. The molecular weight excluding hydrogens is 309 g/mol. The van der Waals surface area contributed by atoms with Crippen LogP contribution in [-0.2, 0) is 0 Å². The lowest BCUT2D eigenvalue weighted by Gasteiger charge is -2.35. The molecule has 2 atom stereocenters. The van der Waals surface area contributed by atoms with Gasteiger partial charge in [-0.3, -0.25) is 0 Å². The highest BCUT2D eigenvalue weighted by atomic mass is 79.9. The Morgan fingerprint density at radius 1 is 1.32 bits per heavy atom. The number of anilines is 2. The molecule has 2 saturated heterocycles. The second-order valence-corrected chi connectivity index (χ2v) is 6.41. The van der Waals surface area contributed by atoms with E-state index in [1.165, 1.54) is 25.5 Å². The van der Waals surface area contributed by atoms with Gasteiger partial charge in [0.05, 0.1) is 15.8 Å². The van der Waals surface area contributed by atoms with Crippen molar-refractivity contribution in [1.29, 1.82) is 0 Å². The molecule has 19 heavy (non-hydrogen) atoms. The van der Waals surface area contributed by atoms with Gasteiger partial charge in [-0.15, -0.1) is 0 Å². The van der Waals surface area contributed by atoms with Gasteiger partial charge in [-0.05, 0) is 54.2 Å². The third kappa shape index (κ3) is 2.72. The first-order valence-electron chi connectivity index (χ1n) is 6.88. The Bertz CT molecular complexity index is 480. The number of nitrogens with one attached hydrogen (secondary N) is 1. The van der Waals surface area contributed by atoms with Crippen molar-refractivity contribution in [3.05, 3.63) is 22.4 Å². The molecule has 3 N–H and O–H groups in total. The minimum absolute atomic E-state index is 0.311. The van der Waals surface area contributed by atoms with Crippen molar-refractivity contribution in [3.8, 4) is 0 Å². The lowest BCUT2D eigenvalue weighted by molar-refractivity contribution is 0.188. The molecule has 5 heteroatoms. The molecule has 0 amide bonds. The number of rotatable bonds is 2. The molecule has 2 fully saturated rings. The van der Waals surface area contributed by atoms with Crippen LogP contribution >= 0.6 is 15.9 Å². The zero-order chi connectivity index (χ0) is 13.4. The SMILES string of the molecule is Nc1cc(F)c(Br)cc1NC1CCN2CCCC2C1. The lowest BCUT2D eigenvalue weighted by Crippen LogP contribution is -2.42. The van der Waals surface area contributed by atoms with Gasteiger partial charge in [-0.25, -0.2) is 4.39 Å². The second kappa shape index (κ2) is 5.29. The number of nitrogens with zero attached hydrogens (tertiary/aromatic N) is 1.